The van der Waals surface area contributed by atoms with Crippen molar-refractivity contribution in [1.82, 2.24) is 10.2 Å². The molecule has 4 heteroatoms. The van der Waals surface area contributed by atoms with E-state index in [0.29, 0.717) is 18.5 Å². The zero-order valence-corrected chi connectivity index (χ0v) is 8.66. The molecule has 0 saturated carbocycles. The van der Waals surface area contributed by atoms with E-state index < -0.39 is 0 Å². The summed E-state index contributed by atoms with van der Waals surface area (Å²) in [6.45, 7) is 2.57. The summed E-state index contributed by atoms with van der Waals surface area (Å²) in [5, 5.41) is 3.54. The number of likely N-dealkylation sites (N-methyl/N-ethyl adjacent to an activating group) is 1. The Morgan fingerprint density at radius 1 is 1.36 bits per heavy atom. The Labute approximate surface area is 84.6 Å². The van der Waals surface area contributed by atoms with Gasteiger partial charge in [-0.05, 0) is 12.8 Å². The van der Waals surface area contributed by atoms with Gasteiger partial charge in [0.2, 0.25) is 5.91 Å². The van der Waals surface area contributed by atoms with Gasteiger partial charge in [-0.1, -0.05) is 0 Å². The summed E-state index contributed by atoms with van der Waals surface area (Å²) in [6.07, 6.45) is 2.82. The largest absolute Gasteiger partial charge is 0.381 e. The van der Waals surface area contributed by atoms with Crippen molar-refractivity contribution in [3.05, 3.63) is 0 Å². The van der Waals surface area contributed by atoms with Gasteiger partial charge in [-0.15, -0.1) is 0 Å². The highest BCUT2D eigenvalue weighted by Gasteiger charge is 2.28. The smallest absolute Gasteiger partial charge is 0.224 e. The van der Waals surface area contributed by atoms with Crippen molar-refractivity contribution in [3.8, 4) is 0 Å². The molecule has 2 saturated heterocycles. The van der Waals surface area contributed by atoms with Crippen LogP contribution < -0.4 is 5.32 Å². The monoisotopic (exact) mass is 198 g/mol. The molecular weight excluding hydrogens is 180 g/mol. The molecule has 0 radical (unpaired) electrons. The van der Waals surface area contributed by atoms with Crippen LogP contribution in [-0.4, -0.2) is 49.7 Å². The molecule has 1 amide bonds. The Hall–Kier alpha value is -0.610. The zero-order valence-electron chi connectivity index (χ0n) is 8.66. The van der Waals surface area contributed by atoms with Gasteiger partial charge in [-0.2, -0.15) is 0 Å². The van der Waals surface area contributed by atoms with Gasteiger partial charge < -0.3 is 15.0 Å². The Bertz CT molecular complexity index is 214. The van der Waals surface area contributed by atoms with Gasteiger partial charge in [0.15, 0.2) is 0 Å². The molecule has 2 rings (SSSR count). The fourth-order valence-electron chi connectivity index (χ4n) is 2.17. The molecule has 2 fully saturated rings. The molecular formula is C10H18N2O2. The maximum atomic E-state index is 11.3. The van der Waals surface area contributed by atoms with Gasteiger partial charge >= 0.3 is 0 Å². The topological polar surface area (TPSA) is 41.6 Å². The van der Waals surface area contributed by atoms with E-state index in [1.165, 1.54) is 0 Å². The average Bonchev–Trinajstić information content (AvgIpc) is 2.47. The minimum atomic E-state index is 0.259. The minimum absolute atomic E-state index is 0.259. The highest BCUT2D eigenvalue weighted by Crippen LogP contribution is 2.13. The molecule has 0 aromatic heterocycles. The quantitative estimate of drug-likeness (QED) is 0.678. The predicted octanol–water partition coefficient (Wildman–Crippen LogP) is -0.0143. The number of carbonyl (C=O) groups is 1. The summed E-state index contributed by atoms with van der Waals surface area (Å²) >= 11 is 0. The summed E-state index contributed by atoms with van der Waals surface area (Å²) in [5.74, 6) is 0.259. The molecule has 1 unspecified atom stereocenters. The third kappa shape index (κ3) is 2.25. The molecule has 1 atom stereocenters. The van der Waals surface area contributed by atoms with E-state index in [1.807, 2.05) is 7.05 Å². The first-order valence-corrected chi connectivity index (χ1v) is 5.33. The number of hydrogen-bond donors (Lipinski definition) is 1. The van der Waals surface area contributed by atoms with E-state index in [-0.39, 0.29) is 5.91 Å². The van der Waals surface area contributed by atoms with Gasteiger partial charge in [0.1, 0.15) is 0 Å². The van der Waals surface area contributed by atoms with Gasteiger partial charge in [0.25, 0.3) is 0 Å². The summed E-state index contributed by atoms with van der Waals surface area (Å²) in [7, 11) is 1.87. The Kier molecular flexibility index (Phi) is 3.03. The van der Waals surface area contributed by atoms with Crippen molar-refractivity contribution in [3.63, 3.8) is 0 Å². The molecule has 2 aliphatic heterocycles. The van der Waals surface area contributed by atoms with Crippen LogP contribution in [0.4, 0.5) is 0 Å². The van der Waals surface area contributed by atoms with Crippen molar-refractivity contribution in [2.75, 3.05) is 26.8 Å². The second kappa shape index (κ2) is 4.28. The van der Waals surface area contributed by atoms with E-state index in [9.17, 15) is 4.79 Å². The fourth-order valence-corrected chi connectivity index (χ4v) is 2.17. The highest BCUT2D eigenvalue weighted by atomic mass is 16.5. The standard InChI is InChI=1S/C10H18N2O2/c1-12-7-9(6-10(12)13)11-8-2-4-14-5-3-8/h8-9,11H,2-7H2,1H3. The van der Waals surface area contributed by atoms with Crippen LogP contribution in [0.1, 0.15) is 19.3 Å². The predicted molar refractivity (Wildman–Crippen MR) is 53.0 cm³/mol. The number of nitrogens with zero attached hydrogens (tertiary/aromatic N) is 1. The molecule has 0 spiro atoms. The van der Waals surface area contributed by atoms with E-state index in [2.05, 4.69) is 5.32 Å². The molecule has 2 aliphatic rings. The third-order valence-corrected chi connectivity index (χ3v) is 3.03. The summed E-state index contributed by atoms with van der Waals surface area (Å²) in [6, 6.07) is 0.906. The minimum Gasteiger partial charge on any atom is -0.381 e. The number of amides is 1. The first-order valence-electron chi connectivity index (χ1n) is 5.33. The number of carbonyl (C=O) groups excluding carboxylic acids is 1. The van der Waals surface area contributed by atoms with Crippen molar-refractivity contribution in [1.29, 1.82) is 0 Å². The molecule has 0 aromatic carbocycles. The molecule has 0 aromatic rings. The van der Waals surface area contributed by atoms with Crippen LogP contribution in [0.25, 0.3) is 0 Å². The number of hydrogen-bond acceptors (Lipinski definition) is 3. The van der Waals surface area contributed by atoms with Gasteiger partial charge in [0, 0.05) is 45.3 Å². The van der Waals surface area contributed by atoms with Gasteiger partial charge in [-0.25, -0.2) is 0 Å². The van der Waals surface area contributed by atoms with E-state index in [0.717, 1.165) is 32.6 Å². The lowest BCUT2D eigenvalue weighted by atomic mass is 10.1. The molecule has 80 valence electrons. The molecule has 1 N–H and O–H groups in total. The molecule has 0 aliphatic carbocycles. The third-order valence-electron chi connectivity index (χ3n) is 3.03. The average molecular weight is 198 g/mol. The van der Waals surface area contributed by atoms with Crippen LogP contribution in [0.3, 0.4) is 0 Å². The first kappa shape index (κ1) is 9.93. The van der Waals surface area contributed by atoms with Crippen molar-refractivity contribution in [2.24, 2.45) is 0 Å². The summed E-state index contributed by atoms with van der Waals surface area (Å²) in [4.78, 5) is 13.1. The normalized spacial score (nSPS) is 29.9. The maximum Gasteiger partial charge on any atom is 0.224 e. The highest BCUT2D eigenvalue weighted by molar-refractivity contribution is 5.78. The molecule has 2 heterocycles. The number of nitrogens with one attached hydrogen (secondary N) is 1. The van der Waals surface area contributed by atoms with Crippen LogP contribution in [0, 0.1) is 0 Å². The Morgan fingerprint density at radius 3 is 2.64 bits per heavy atom. The van der Waals surface area contributed by atoms with Crippen molar-refractivity contribution < 1.29 is 9.53 Å². The van der Waals surface area contributed by atoms with E-state index in [4.69, 9.17) is 4.74 Å². The molecule has 4 nitrogen and oxygen atoms in total. The molecule has 14 heavy (non-hydrogen) atoms. The summed E-state index contributed by atoms with van der Waals surface area (Å²) in [5.41, 5.74) is 0. The van der Waals surface area contributed by atoms with Crippen LogP contribution >= 0.6 is 0 Å². The van der Waals surface area contributed by atoms with Crippen LogP contribution in [0.15, 0.2) is 0 Å². The second-order valence-corrected chi connectivity index (χ2v) is 4.23. The Morgan fingerprint density at radius 2 is 2.07 bits per heavy atom. The lowest BCUT2D eigenvalue weighted by Gasteiger charge is -2.26. The fraction of sp³-hybridized carbons (Fsp3) is 0.900. The van der Waals surface area contributed by atoms with E-state index >= 15 is 0 Å². The van der Waals surface area contributed by atoms with Gasteiger partial charge in [0.05, 0.1) is 0 Å². The van der Waals surface area contributed by atoms with E-state index in [1.54, 1.807) is 4.90 Å². The SMILES string of the molecule is CN1CC(NC2CCOCC2)CC1=O. The summed E-state index contributed by atoms with van der Waals surface area (Å²) < 4.78 is 5.29. The molecule has 0 bridgehead atoms. The van der Waals surface area contributed by atoms with Crippen molar-refractivity contribution in [2.45, 2.75) is 31.3 Å². The maximum absolute atomic E-state index is 11.3. The number of rotatable bonds is 2. The number of ether oxygens (including phenoxy) is 1. The second-order valence-electron chi connectivity index (χ2n) is 4.23. The zero-order chi connectivity index (χ0) is 9.97. The van der Waals surface area contributed by atoms with Crippen LogP contribution in [-0.2, 0) is 9.53 Å². The first-order chi connectivity index (χ1) is 6.75. The lowest BCUT2D eigenvalue weighted by molar-refractivity contribution is -0.126. The van der Waals surface area contributed by atoms with Gasteiger partial charge in [-0.3, -0.25) is 4.79 Å². The van der Waals surface area contributed by atoms with Crippen LogP contribution in [0.2, 0.25) is 0 Å². The van der Waals surface area contributed by atoms with Crippen molar-refractivity contribution >= 4 is 5.91 Å². The van der Waals surface area contributed by atoms with Crippen LogP contribution in [0.5, 0.6) is 0 Å². The Balaban J connectivity index is 1.77. The number of likely N-dealkylation sites (tertiary alicyclic amines) is 1. The lowest BCUT2D eigenvalue weighted by Crippen LogP contribution is -2.42.